The van der Waals surface area contributed by atoms with E-state index >= 15 is 0 Å². The lowest BCUT2D eigenvalue weighted by molar-refractivity contribution is -0.133. The van der Waals surface area contributed by atoms with Crippen LogP contribution in [0.4, 0.5) is 0 Å². The fourth-order valence-corrected chi connectivity index (χ4v) is 2.71. The predicted octanol–water partition coefficient (Wildman–Crippen LogP) is 2.60. The molecule has 1 N–H and O–H groups in total. The molecule has 0 saturated carbocycles. The Hall–Kier alpha value is -2.34. The van der Waals surface area contributed by atoms with E-state index < -0.39 is 5.97 Å². The molecule has 0 unspecified atom stereocenters. The third kappa shape index (κ3) is 2.37. The fourth-order valence-electron chi connectivity index (χ4n) is 1.96. The van der Waals surface area contributed by atoms with Gasteiger partial charge in [0.2, 0.25) is 0 Å². The molecule has 6 heteroatoms. The molecule has 0 aliphatic carbocycles. The van der Waals surface area contributed by atoms with E-state index in [9.17, 15) is 4.79 Å². The second-order valence-electron chi connectivity index (χ2n) is 4.11. The first-order valence-electron chi connectivity index (χ1n) is 5.98. The van der Waals surface area contributed by atoms with Crippen LogP contribution in [0.15, 0.2) is 53.9 Å². The summed E-state index contributed by atoms with van der Waals surface area (Å²) in [6, 6.07) is 11.6. The lowest BCUT2D eigenvalue weighted by atomic mass is 10.3. The van der Waals surface area contributed by atoms with E-state index in [0.29, 0.717) is 5.16 Å². The molecule has 20 heavy (non-hydrogen) atoms. The number of carboxylic acid groups (broad SMARTS) is 1. The van der Waals surface area contributed by atoms with Gasteiger partial charge in [0.1, 0.15) is 5.52 Å². The third-order valence-electron chi connectivity index (χ3n) is 2.77. The summed E-state index contributed by atoms with van der Waals surface area (Å²) >= 11 is 1.20. The van der Waals surface area contributed by atoms with E-state index in [1.807, 2.05) is 41.0 Å². The lowest BCUT2D eigenvalue weighted by Gasteiger charge is -2.07. The van der Waals surface area contributed by atoms with Gasteiger partial charge in [0.15, 0.2) is 5.16 Å². The molecule has 0 saturated heterocycles. The minimum absolute atomic E-state index is 0.0242. The van der Waals surface area contributed by atoms with Crippen LogP contribution in [0.5, 0.6) is 0 Å². The van der Waals surface area contributed by atoms with Crippen LogP contribution in [0, 0.1) is 0 Å². The average molecular weight is 285 g/mol. The van der Waals surface area contributed by atoms with Crippen LogP contribution in [-0.4, -0.2) is 31.4 Å². The molecule has 2 aromatic heterocycles. The van der Waals surface area contributed by atoms with Gasteiger partial charge in [-0.1, -0.05) is 30.0 Å². The monoisotopic (exact) mass is 285 g/mol. The second-order valence-corrected chi connectivity index (χ2v) is 5.05. The third-order valence-corrected chi connectivity index (χ3v) is 3.69. The van der Waals surface area contributed by atoms with Crippen molar-refractivity contribution in [2.24, 2.45) is 0 Å². The van der Waals surface area contributed by atoms with E-state index in [-0.39, 0.29) is 5.75 Å². The number of carboxylic acids is 1. The number of rotatable bonds is 4. The number of nitrogens with zero attached hydrogens (tertiary/aromatic N) is 3. The van der Waals surface area contributed by atoms with Gasteiger partial charge in [-0.25, -0.2) is 4.98 Å². The quantitative estimate of drug-likeness (QED) is 0.746. The first-order chi connectivity index (χ1) is 9.75. The Bertz CT molecular complexity index is 755. The highest BCUT2D eigenvalue weighted by Gasteiger charge is 2.13. The zero-order chi connectivity index (χ0) is 13.9. The molecule has 0 aliphatic heterocycles. The van der Waals surface area contributed by atoms with Gasteiger partial charge in [-0.05, 0) is 18.2 Å². The lowest BCUT2D eigenvalue weighted by Crippen LogP contribution is -2.01. The summed E-state index contributed by atoms with van der Waals surface area (Å²) < 4.78 is 1.95. The summed E-state index contributed by atoms with van der Waals surface area (Å²) in [6.45, 7) is 0. The molecule has 100 valence electrons. The van der Waals surface area contributed by atoms with Crippen LogP contribution >= 0.6 is 11.8 Å². The molecule has 0 bridgehead atoms. The van der Waals surface area contributed by atoms with Gasteiger partial charge in [0.25, 0.3) is 0 Å². The van der Waals surface area contributed by atoms with Crippen molar-refractivity contribution >= 4 is 28.8 Å². The van der Waals surface area contributed by atoms with Gasteiger partial charge in [0.05, 0.1) is 17.5 Å². The Morgan fingerprint density at radius 3 is 2.80 bits per heavy atom. The average Bonchev–Trinajstić information content (AvgIpc) is 2.84. The minimum atomic E-state index is -0.861. The number of benzene rings is 1. The molecule has 1 aromatic carbocycles. The van der Waals surface area contributed by atoms with Crippen molar-refractivity contribution in [3.05, 3.63) is 48.8 Å². The zero-order valence-electron chi connectivity index (χ0n) is 10.4. The standard InChI is InChI=1S/C14H11N3O2S/c18-13(19)9-20-14-16-11-8-15-7-6-12(11)17(14)10-4-2-1-3-5-10/h1-8H,9H2,(H,18,19). The highest BCUT2D eigenvalue weighted by Crippen LogP contribution is 2.27. The molecule has 0 aliphatic rings. The first kappa shape index (κ1) is 12.7. The zero-order valence-corrected chi connectivity index (χ0v) is 11.2. The van der Waals surface area contributed by atoms with Crippen LogP contribution in [0.25, 0.3) is 16.7 Å². The number of carbonyl (C=O) groups is 1. The van der Waals surface area contributed by atoms with E-state index in [4.69, 9.17) is 5.11 Å². The van der Waals surface area contributed by atoms with Crippen molar-refractivity contribution in [1.82, 2.24) is 14.5 Å². The molecule has 0 spiro atoms. The van der Waals surface area contributed by atoms with Crippen molar-refractivity contribution in [3.8, 4) is 5.69 Å². The van der Waals surface area contributed by atoms with Crippen LogP contribution < -0.4 is 0 Å². The molecule has 3 rings (SSSR count). The van der Waals surface area contributed by atoms with Gasteiger partial charge in [-0.3, -0.25) is 14.3 Å². The summed E-state index contributed by atoms with van der Waals surface area (Å²) in [5.74, 6) is -0.886. The van der Waals surface area contributed by atoms with Crippen molar-refractivity contribution in [3.63, 3.8) is 0 Å². The molecular formula is C14H11N3O2S. The summed E-state index contributed by atoms with van der Waals surface area (Å²) in [4.78, 5) is 19.3. The Balaban J connectivity index is 2.16. The number of aliphatic carboxylic acids is 1. The molecule has 5 nitrogen and oxygen atoms in total. The van der Waals surface area contributed by atoms with E-state index in [2.05, 4.69) is 9.97 Å². The van der Waals surface area contributed by atoms with Crippen LogP contribution in [0.1, 0.15) is 0 Å². The Morgan fingerprint density at radius 2 is 2.05 bits per heavy atom. The van der Waals surface area contributed by atoms with Crippen LogP contribution in [0.3, 0.4) is 0 Å². The predicted molar refractivity (Wildman–Crippen MR) is 77.2 cm³/mol. The molecule has 3 aromatic rings. The second kappa shape index (κ2) is 5.34. The van der Waals surface area contributed by atoms with Crippen molar-refractivity contribution in [1.29, 1.82) is 0 Å². The maximum absolute atomic E-state index is 10.8. The van der Waals surface area contributed by atoms with E-state index in [0.717, 1.165) is 16.7 Å². The Labute approximate surface area is 119 Å². The molecule has 0 amide bonds. The highest BCUT2D eigenvalue weighted by atomic mass is 32.2. The number of hydrogen-bond acceptors (Lipinski definition) is 4. The largest absolute Gasteiger partial charge is 0.481 e. The molecule has 0 atom stereocenters. The first-order valence-corrected chi connectivity index (χ1v) is 6.97. The molecule has 2 heterocycles. The summed E-state index contributed by atoms with van der Waals surface area (Å²) in [5.41, 5.74) is 2.62. The molecule has 0 radical (unpaired) electrons. The Kier molecular flexibility index (Phi) is 3.39. The molecular weight excluding hydrogens is 274 g/mol. The number of hydrogen-bond donors (Lipinski definition) is 1. The summed E-state index contributed by atoms with van der Waals surface area (Å²) in [7, 11) is 0. The number of aromatic nitrogens is 3. The maximum Gasteiger partial charge on any atom is 0.313 e. The van der Waals surface area contributed by atoms with Crippen LogP contribution in [-0.2, 0) is 4.79 Å². The highest BCUT2D eigenvalue weighted by molar-refractivity contribution is 7.99. The minimum Gasteiger partial charge on any atom is -0.481 e. The smallest absolute Gasteiger partial charge is 0.313 e. The van der Waals surface area contributed by atoms with Crippen LogP contribution in [0.2, 0.25) is 0 Å². The van der Waals surface area contributed by atoms with Crippen molar-refractivity contribution in [2.75, 3.05) is 5.75 Å². The summed E-state index contributed by atoms with van der Waals surface area (Å²) in [5, 5.41) is 9.50. The SMILES string of the molecule is O=C(O)CSc1nc2cnccc2n1-c1ccccc1. The Morgan fingerprint density at radius 1 is 1.25 bits per heavy atom. The number of imidazole rings is 1. The van der Waals surface area contributed by atoms with E-state index in [1.54, 1.807) is 12.4 Å². The fraction of sp³-hybridized carbons (Fsp3) is 0.0714. The van der Waals surface area contributed by atoms with Gasteiger partial charge in [-0.2, -0.15) is 0 Å². The number of thioether (sulfide) groups is 1. The number of fused-ring (bicyclic) bond motifs is 1. The maximum atomic E-state index is 10.8. The molecule has 0 fully saturated rings. The van der Waals surface area contributed by atoms with Crippen molar-refractivity contribution < 1.29 is 9.90 Å². The van der Waals surface area contributed by atoms with Gasteiger partial charge >= 0.3 is 5.97 Å². The van der Waals surface area contributed by atoms with Gasteiger partial charge in [0, 0.05) is 11.9 Å². The van der Waals surface area contributed by atoms with Gasteiger partial charge < -0.3 is 5.11 Å². The summed E-state index contributed by atoms with van der Waals surface area (Å²) in [6.07, 6.45) is 3.38. The van der Waals surface area contributed by atoms with Crippen molar-refractivity contribution in [2.45, 2.75) is 5.16 Å². The van der Waals surface area contributed by atoms with Gasteiger partial charge in [-0.15, -0.1) is 0 Å². The number of pyridine rings is 1. The normalized spacial score (nSPS) is 10.8. The van der Waals surface area contributed by atoms with E-state index in [1.165, 1.54) is 11.8 Å². The topological polar surface area (TPSA) is 68.0 Å². The number of para-hydroxylation sites is 1.